The molecule has 0 aliphatic carbocycles. The fourth-order valence-corrected chi connectivity index (χ4v) is 2.03. The van der Waals surface area contributed by atoms with Gasteiger partial charge in [0, 0.05) is 23.4 Å². The summed E-state index contributed by atoms with van der Waals surface area (Å²) in [5.41, 5.74) is 1.62. The molecule has 0 atom stereocenters. The van der Waals surface area contributed by atoms with Crippen LogP contribution in [0.4, 0.5) is 10.5 Å². The highest BCUT2D eigenvalue weighted by Crippen LogP contribution is 2.26. The molecule has 2 N–H and O–H groups in total. The minimum absolute atomic E-state index is 0.278. The van der Waals surface area contributed by atoms with E-state index in [0.29, 0.717) is 12.2 Å². The van der Waals surface area contributed by atoms with Crippen molar-refractivity contribution in [2.24, 2.45) is 0 Å². The number of nitrogens with zero attached hydrogens (tertiary/aromatic N) is 1. The lowest BCUT2D eigenvalue weighted by atomic mass is 10.3. The molecule has 0 bridgehead atoms. The van der Waals surface area contributed by atoms with E-state index in [-0.39, 0.29) is 6.03 Å². The van der Waals surface area contributed by atoms with Gasteiger partial charge in [-0.1, -0.05) is 6.07 Å². The van der Waals surface area contributed by atoms with Crippen molar-refractivity contribution >= 4 is 27.6 Å². The van der Waals surface area contributed by atoms with Gasteiger partial charge in [-0.3, -0.25) is 4.98 Å². The Bertz CT molecular complexity index is 590. The van der Waals surface area contributed by atoms with E-state index in [4.69, 9.17) is 4.74 Å². The third-order valence-corrected chi connectivity index (χ3v) is 3.26. The molecule has 1 aromatic carbocycles. The van der Waals surface area contributed by atoms with Crippen LogP contribution in [-0.4, -0.2) is 18.1 Å². The molecule has 0 aliphatic heterocycles. The number of benzene rings is 1. The van der Waals surface area contributed by atoms with Gasteiger partial charge in [0.15, 0.2) is 0 Å². The number of nitrogens with one attached hydrogen (secondary N) is 2. The van der Waals surface area contributed by atoms with E-state index in [1.165, 1.54) is 0 Å². The maximum Gasteiger partial charge on any atom is 0.319 e. The molecular weight excluding hydrogens is 322 g/mol. The molecule has 1 aromatic heterocycles. The summed E-state index contributed by atoms with van der Waals surface area (Å²) >= 11 is 3.38. The molecule has 5 nitrogen and oxygen atoms in total. The fourth-order valence-electron chi connectivity index (χ4n) is 1.58. The van der Waals surface area contributed by atoms with Crippen molar-refractivity contribution in [2.75, 3.05) is 12.4 Å². The Morgan fingerprint density at radius 3 is 2.90 bits per heavy atom. The van der Waals surface area contributed by atoms with E-state index in [2.05, 4.69) is 31.5 Å². The summed E-state index contributed by atoms with van der Waals surface area (Å²) < 4.78 is 5.85. The predicted molar refractivity (Wildman–Crippen MR) is 80.8 cm³/mol. The predicted octanol–water partition coefficient (Wildman–Crippen LogP) is 3.17. The number of urea groups is 1. The molecular formula is C14H14BrN3O2. The molecule has 6 heteroatoms. The Hall–Kier alpha value is -2.08. The van der Waals surface area contributed by atoms with Crippen LogP contribution in [0.15, 0.2) is 47.2 Å². The second kappa shape index (κ2) is 6.91. The minimum atomic E-state index is -0.278. The van der Waals surface area contributed by atoms with Crippen LogP contribution in [0.3, 0.4) is 0 Å². The zero-order valence-corrected chi connectivity index (χ0v) is 12.5. The summed E-state index contributed by atoms with van der Waals surface area (Å²) in [7, 11) is 1.59. The van der Waals surface area contributed by atoms with E-state index in [1.807, 2.05) is 12.1 Å². The first-order valence-corrected chi connectivity index (χ1v) is 6.75. The third-order valence-electron chi connectivity index (χ3n) is 2.60. The SMILES string of the molecule is COc1ccc(NC(=O)NCc2cccnc2)c(Br)c1. The van der Waals surface area contributed by atoms with Gasteiger partial charge in [-0.2, -0.15) is 0 Å². The van der Waals surface area contributed by atoms with E-state index in [0.717, 1.165) is 15.8 Å². The molecule has 0 radical (unpaired) electrons. The number of hydrogen-bond acceptors (Lipinski definition) is 3. The van der Waals surface area contributed by atoms with Crippen LogP contribution in [0.25, 0.3) is 0 Å². The highest BCUT2D eigenvalue weighted by molar-refractivity contribution is 9.10. The monoisotopic (exact) mass is 335 g/mol. The van der Waals surface area contributed by atoms with Crippen molar-refractivity contribution in [2.45, 2.75) is 6.54 Å². The molecule has 2 aromatic rings. The van der Waals surface area contributed by atoms with Crippen molar-refractivity contribution in [3.8, 4) is 5.75 Å². The Morgan fingerprint density at radius 1 is 1.40 bits per heavy atom. The molecule has 1 heterocycles. The summed E-state index contributed by atoms with van der Waals surface area (Å²) in [4.78, 5) is 15.8. The quantitative estimate of drug-likeness (QED) is 0.901. The Morgan fingerprint density at radius 2 is 2.25 bits per heavy atom. The summed E-state index contributed by atoms with van der Waals surface area (Å²) in [6.45, 7) is 0.424. The van der Waals surface area contributed by atoms with E-state index in [1.54, 1.807) is 37.7 Å². The minimum Gasteiger partial charge on any atom is -0.497 e. The molecule has 0 aliphatic rings. The first kappa shape index (κ1) is 14.3. The standard InChI is InChI=1S/C14H14BrN3O2/c1-20-11-4-5-13(12(15)7-11)18-14(19)17-9-10-3-2-6-16-8-10/h2-8H,9H2,1H3,(H2,17,18,19). The molecule has 0 saturated heterocycles. The van der Waals surface area contributed by atoms with Crippen molar-refractivity contribution in [1.82, 2.24) is 10.3 Å². The molecule has 2 amide bonds. The van der Waals surface area contributed by atoms with E-state index in [9.17, 15) is 4.79 Å². The number of pyridine rings is 1. The molecule has 0 saturated carbocycles. The molecule has 0 unspecified atom stereocenters. The van der Waals surface area contributed by atoms with Crippen LogP contribution in [-0.2, 0) is 6.54 Å². The number of anilines is 1. The number of ether oxygens (including phenoxy) is 1. The zero-order chi connectivity index (χ0) is 14.4. The number of hydrogen-bond donors (Lipinski definition) is 2. The van der Waals surface area contributed by atoms with Crippen LogP contribution < -0.4 is 15.4 Å². The van der Waals surface area contributed by atoms with Crippen LogP contribution in [0.1, 0.15) is 5.56 Å². The lowest BCUT2D eigenvalue weighted by Gasteiger charge is -2.10. The van der Waals surface area contributed by atoms with Crippen LogP contribution >= 0.6 is 15.9 Å². The first-order valence-electron chi connectivity index (χ1n) is 5.96. The highest BCUT2D eigenvalue weighted by Gasteiger charge is 2.06. The first-order chi connectivity index (χ1) is 9.69. The molecule has 2 rings (SSSR count). The number of halogens is 1. The van der Waals surface area contributed by atoms with Gasteiger partial charge in [0.1, 0.15) is 5.75 Å². The molecule has 104 valence electrons. The van der Waals surface area contributed by atoms with Crippen LogP contribution in [0.2, 0.25) is 0 Å². The normalized spacial score (nSPS) is 9.90. The summed E-state index contributed by atoms with van der Waals surface area (Å²) in [5.74, 6) is 0.721. The van der Waals surface area contributed by atoms with Crippen molar-refractivity contribution < 1.29 is 9.53 Å². The number of carbonyl (C=O) groups is 1. The van der Waals surface area contributed by atoms with Gasteiger partial charge in [0.2, 0.25) is 0 Å². The second-order valence-corrected chi connectivity index (χ2v) is 4.87. The van der Waals surface area contributed by atoms with Gasteiger partial charge in [-0.25, -0.2) is 4.79 Å². The summed E-state index contributed by atoms with van der Waals surface area (Å²) in [5, 5.41) is 5.52. The van der Waals surface area contributed by atoms with Gasteiger partial charge in [0.05, 0.1) is 12.8 Å². The van der Waals surface area contributed by atoms with E-state index >= 15 is 0 Å². The summed E-state index contributed by atoms with van der Waals surface area (Å²) in [6.07, 6.45) is 3.40. The van der Waals surface area contributed by atoms with Gasteiger partial charge in [-0.15, -0.1) is 0 Å². The number of rotatable bonds is 4. The third kappa shape index (κ3) is 3.96. The Balaban J connectivity index is 1.91. The Kier molecular flexibility index (Phi) is 4.95. The van der Waals surface area contributed by atoms with Crippen LogP contribution in [0, 0.1) is 0 Å². The lowest BCUT2D eigenvalue weighted by molar-refractivity contribution is 0.251. The topological polar surface area (TPSA) is 63.2 Å². The number of methoxy groups -OCH3 is 1. The average Bonchev–Trinajstić information content (AvgIpc) is 2.48. The van der Waals surface area contributed by atoms with E-state index < -0.39 is 0 Å². The summed E-state index contributed by atoms with van der Waals surface area (Å²) in [6, 6.07) is 8.79. The lowest BCUT2D eigenvalue weighted by Crippen LogP contribution is -2.28. The highest BCUT2D eigenvalue weighted by atomic mass is 79.9. The van der Waals surface area contributed by atoms with Crippen molar-refractivity contribution in [3.63, 3.8) is 0 Å². The average molecular weight is 336 g/mol. The maximum atomic E-state index is 11.8. The molecule has 20 heavy (non-hydrogen) atoms. The van der Waals surface area contributed by atoms with Gasteiger partial charge in [0.25, 0.3) is 0 Å². The van der Waals surface area contributed by atoms with Gasteiger partial charge >= 0.3 is 6.03 Å². The Labute approximate surface area is 125 Å². The van der Waals surface area contributed by atoms with Gasteiger partial charge < -0.3 is 15.4 Å². The molecule has 0 fully saturated rings. The smallest absolute Gasteiger partial charge is 0.319 e. The van der Waals surface area contributed by atoms with Crippen molar-refractivity contribution in [3.05, 3.63) is 52.8 Å². The number of amides is 2. The second-order valence-electron chi connectivity index (χ2n) is 4.01. The van der Waals surface area contributed by atoms with Crippen molar-refractivity contribution in [1.29, 1.82) is 0 Å². The largest absolute Gasteiger partial charge is 0.497 e. The molecule has 0 spiro atoms. The number of carbonyl (C=O) groups excluding carboxylic acids is 1. The number of aromatic nitrogens is 1. The fraction of sp³-hybridized carbons (Fsp3) is 0.143. The van der Waals surface area contributed by atoms with Crippen LogP contribution in [0.5, 0.6) is 5.75 Å². The zero-order valence-electron chi connectivity index (χ0n) is 10.9. The maximum absolute atomic E-state index is 11.8. The van der Waals surface area contributed by atoms with Gasteiger partial charge in [-0.05, 0) is 45.8 Å².